The third-order valence-corrected chi connectivity index (χ3v) is 4.43. The molecular formula is C18H18BrNO2. The summed E-state index contributed by atoms with van der Waals surface area (Å²) in [4.78, 5) is 12.2. The highest BCUT2D eigenvalue weighted by atomic mass is 79.9. The molecule has 1 heterocycles. The van der Waals surface area contributed by atoms with E-state index in [1.54, 1.807) is 0 Å². The minimum Gasteiger partial charge on any atom is -0.373 e. The number of carbonyl (C=O) groups is 1. The molecule has 1 aliphatic heterocycles. The van der Waals surface area contributed by atoms with Crippen molar-refractivity contribution in [2.45, 2.75) is 25.0 Å². The first-order valence-corrected chi connectivity index (χ1v) is 8.24. The highest BCUT2D eigenvalue weighted by molar-refractivity contribution is 9.10. The third-order valence-electron chi connectivity index (χ3n) is 3.90. The summed E-state index contributed by atoms with van der Waals surface area (Å²) in [5.74, 6) is -0.0120. The van der Waals surface area contributed by atoms with Gasteiger partial charge in [0.05, 0.1) is 6.10 Å². The summed E-state index contributed by atoms with van der Waals surface area (Å²) in [5.41, 5.74) is 1.86. The van der Waals surface area contributed by atoms with Gasteiger partial charge >= 0.3 is 0 Å². The van der Waals surface area contributed by atoms with Gasteiger partial charge in [0.1, 0.15) is 0 Å². The standard InChI is InChI=1S/C18H18BrNO2/c19-15-8-6-13(7-9-15)17-12-16(10-11-22-17)20-18(21)14-4-2-1-3-5-14/h1-9,16-17H,10-12H2,(H,20,21)/t16-,17+/m1/s1. The predicted octanol–water partition coefficient (Wildman–Crippen LogP) is 4.10. The number of benzene rings is 2. The fourth-order valence-corrected chi connectivity index (χ4v) is 2.96. The van der Waals surface area contributed by atoms with E-state index in [0.717, 1.165) is 22.9 Å². The van der Waals surface area contributed by atoms with Gasteiger partial charge in [-0.2, -0.15) is 0 Å². The van der Waals surface area contributed by atoms with Crippen molar-refractivity contribution < 1.29 is 9.53 Å². The number of rotatable bonds is 3. The zero-order valence-electron chi connectivity index (χ0n) is 12.2. The van der Waals surface area contributed by atoms with Gasteiger partial charge < -0.3 is 10.1 Å². The Morgan fingerprint density at radius 2 is 1.82 bits per heavy atom. The van der Waals surface area contributed by atoms with E-state index in [0.29, 0.717) is 12.2 Å². The Balaban J connectivity index is 1.63. The first-order valence-electron chi connectivity index (χ1n) is 7.45. The highest BCUT2D eigenvalue weighted by Crippen LogP contribution is 2.29. The van der Waals surface area contributed by atoms with Crippen molar-refractivity contribution in [3.8, 4) is 0 Å². The largest absolute Gasteiger partial charge is 0.373 e. The molecule has 22 heavy (non-hydrogen) atoms. The molecule has 3 rings (SSSR count). The van der Waals surface area contributed by atoms with Crippen molar-refractivity contribution in [2.75, 3.05) is 6.61 Å². The Bertz CT molecular complexity index is 627. The van der Waals surface area contributed by atoms with Crippen molar-refractivity contribution in [2.24, 2.45) is 0 Å². The maximum absolute atomic E-state index is 12.2. The maximum Gasteiger partial charge on any atom is 0.251 e. The van der Waals surface area contributed by atoms with Gasteiger partial charge in [0.25, 0.3) is 5.91 Å². The molecule has 0 unspecified atom stereocenters. The Hall–Kier alpha value is -1.65. The monoisotopic (exact) mass is 359 g/mol. The molecule has 2 aromatic carbocycles. The van der Waals surface area contributed by atoms with E-state index in [-0.39, 0.29) is 18.1 Å². The number of hydrogen-bond acceptors (Lipinski definition) is 2. The molecule has 4 heteroatoms. The zero-order chi connectivity index (χ0) is 15.4. The van der Waals surface area contributed by atoms with Crippen LogP contribution in [0.1, 0.15) is 34.9 Å². The van der Waals surface area contributed by atoms with Crippen LogP contribution in [0.2, 0.25) is 0 Å². The molecule has 0 aromatic heterocycles. The average molecular weight is 360 g/mol. The number of halogens is 1. The second-order valence-corrected chi connectivity index (χ2v) is 6.39. The van der Waals surface area contributed by atoms with Crippen LogP contribution in [0.3, 0.4) is 0 Å². The van der Waals surface area contributed by atoms with Gasteiger partial charge in [0, 0.05) is 22.7 Å². The van der Waals surface area contributed by atoms with Crippen LogP contribution in [0.15, 0.2) is 59.1 Å². The van der Waals surface area contributed by atoms with Crippen LogP contribution in [-0.2, 0) is 4.74 Å². The lowest BCUT2D eigenvalue weighted by molar-refractivity contribution is 0.000899. The van der Waals surface area contributed by atoms with Gasteiger partial charge in [0.2, 0.25) is 0 Å². The molecular weight excluding hydrogens is 342 g/mol. The lowest BCUT2D eigenvalue weighted by atomic mass is 9.97. The molecule has 1 fully saturated rings. The molecule has 1 aliphatic rings. The Labute approximate surface area is 138 Å². The summed E-state index contributed by atoms with van der Waals surface area (Å²) in [6, 6.07) is 17.7. The number of hydrogen-bond donors (Lipinski definition) is 1. The quantitative estimate of drug-likeness (QED) is 0.895. The van der Waals surface area contributed by atoms with E-state index < -0.39 is 0 Å². The van der Waals surface area contributed by atoms with Crippen molar-refractivity contribution >= 4 is 21.8 Å². The first-order chi connectivity index (χ1) is 10.7. The van der Waals surface area contributed by atoms with Crippen LogP contribution < -0.4 is 5.32 Å². The summed E-state index contributed by atoms with van der Waals surface area (Å²) in [6.45, 7) is 0.667. The number of nitrogens with one attached hydrogen (secondary N) is 1. The SMILES string of the molecule is O=C(N[C@@H]1CCO[C@H](c2ccc(Br)cc2)C1)c1ccccc1. The summed E-state index contributed by atoms with van der Waals surface area (Å²) in [5, 5.41) is 3.12. The van der Waals surface area contributed by atoms with Crippen LogP contribution in [0, 0.1) is 0 Å². The van der Waals surface area contributed by atoms with Gasteiger partial charge in [-0.15, -0.1) is 0 Å². The first kappa shape index (κ1) is 15.3. The molecule has 114 valence electrons. The average Bonchev–Trinajstić information content (AvgIpc) is 2.56. The second-order valence-electron chi connectivity index (χ2n) is 5.47. The summed E-state index contributed by atoms with van der Waals surface area (Å²) in [7, 11) is 0. The van der Waals surface area contributed by atoms with Crippen LogP contribution in [0.4, 0.5) is 0 Å². The minimum absolute atomic E-state index is 0.0120. The van der Waals surface area contributed by atoms with Gasteiger partial charge in [-0.1, -0.05) is 46.3 Å². The van der Waals surface area contributed by atoms with Crippen molar-refractivity contribution in [1.82, 2.24) is 5.32 Å². The van der Waals surface area contributed by atoms with Crippen molar-refractivity contribution in [3.63, 3.8) is 0 Å². The summed E-state index contributed by atoms with van der Waals surface area (Å²) >= 11 is 3.44. The minimum atomic E-state index is -0.0120. The normalized spacial score (nSPS) is 21.3. The van der Waals surface area contributed by atoms with Crippen LogP contribution >= 0.6 is 15.9 Å². The Morgan fingerprint density at radius 3 is 2.55 bits per heavy atom. The highest BCUT2D eigenvalue weighted by Gasteiger charge is 2.25. The van der Waals surface area contributed by atoms with E-state index in [9.17, 15) is 4.79 Å². The van der Waals surface area contributed by atoms with E-state index in [1.165, 1.54) is 0 Å². The number of carbonyl (C=O) groups excluding carboxylic acids is 1. The molecule has 2 aromatic rings. The lowest BCUT2D eigenvalue weighted by Gasteiger charge is -2.30. The second kappa shape index (κ2) is 7.07. The molecule has 0 saturated carbocycles. The summed E-state index contributed by atoms with van der Waals surface area (Å²) in [6.07, 6.45) is 1.70. The van der Waals surface area contributed by atoms with E-state index in [2.05, 4.69) is 33.4 Å². The number of amides is 1. The predicted molar refractivity (Wildman–Crippen MR) is 89.8 cm³/mol. The third kappa shape index (κ3) is 3.76. The molecule has 1 saturated heterocycles. The zero-order valence-corrected chi connectivity index (χ0v) is 13.8. The van der Waals surface area contributed by atoms with Crippen LogP contribution in [0.5, 0.6) is 0 Å². The van der Waals surface area contributed by atoms with E-state index in [1.807, 2.05) is 42.5 Å². The molecule has 2 atom stereocenters. The molecule has 0 bridgehead atoms. The fraction of sp³-hybridized carbons (Fsp3) is 0.278. The van der Waals surface area contributed by atoms with E-state index >= 15 is 0 Å². The smallest absolute Gasteiger partial charge is 0.251 e. The Kier molecular flexibility index (Phi) is 4.90. The maximum atomic E-state index is 12.2. The molecule has 3 nitrogen and oxygen atoms in total. The molecule has 0 radical (unpaired) electrons. The molecule has 0 spiro atoms. The molecule has 0 aliphatic carbocycles. The number of ether oxygens (including phenoxy) is 1. The van der Waals surface area contributed by atoms with Crippen molar-refractivity contribution in [3.05, 3.63) is 70.2 Å². The van der Waals surface area contributed by atoms with Gasteiger partial charge in [-0.05, 0) is 42.7 Å². The Morgan fingerprint density at radius 1 is 1.09 bits per heavy atom. The van der Waals surface area contributed by atoms with Crippen molar-refractivity contribution in [1.29, 1.82) is 0 Å². The van der Waals surface area contributed by atoms with Gasteiger partial charge in [-0.3, -0.25) is 4.79 Å². The van der Waals surface area contributed by atoms with Crippen LogP contribution in [0.25, 0.3) is 0 Å². The molecule has 1 amide bonds. The molecule has 1 N–H and O–H groups in total. The van der Waals surface area contributed by atoms with Crippen LogP contribution in [-0.4, -0.2) is 18.6 Å². The summed E-state index contributed by atoms with van der Waals surface area (Å²) < 4.78 is 6.91. The van der Waals surface area contributed by atoms with Gasteiger partial charge in [-0.25, -0.2) is 0 Å². The lowest BCUT2D eigenvalue weighted by Crippen LogP contribution is -2.39. The fourth-order valence-electron chi connectivity index (χ4n) is 2.70. The van der Waals surface area contributed by atoms with Gasteiger partial charge in [0.15, 0.2) is 0 Å². The topological polar surface area (TPSA) is 38.3 Å². The van der Waals surface area contributed by atoms with E-state index in [4.69, 9.17) is 4.74 Å².